The average Bonchev–Trinajstić information content (AvgIpc) is 3.45. The SMILES string of the molecule is CN(C(=O)Nc1cc(-c2c[nH]c3nccc(Oc4ccc5c(c4)CN(C(=O)OC(C)(C)C)CC5)c23)ccn1)C1CCCCC1. The maximum Gasteiger partial charge on any atom is 0.410 e. The predicted molar refractivity (Wildman–Crippen MR) is 170 cm³/mol. The molecule has 44 heavy (non-hydrogen) atoms. The van der Waals surface area contributed by atoms with Gasteiger partial charge in [0.25, 0.3) is 0 Å². The van der Waals surface area contributed by atoms with Crippen LogP contribution in [0, 0.1) is 0 Å². The van der Waals surface area contributed by atoms with E-state index in [0.29, 0.717) is 36.1 Å². The van der Waals surface area contributed by atoms with E-state index in [9.17, 15) is 9.59 Å². The Bertz CT molecular complexity index is 1670. The number of rotatable bonds is 5. The highest BCUT2D eigenvalue weighted by Crippen LogP contribution is 2.38. The molecule has 1 aromatic carbocycles. The van der Waals surface area contributed by atoms with Crippen molar-refractivity contribution in [2.45, 2.75) is 77.5 Å². The molecule has 0 bridgehead atoms. The number of aromatic amines is 1. The zero-order valence-corrected chi connectivity index (χ0v) is 25.9. The van der Waals surface area contributed by atoms with E-state index in [4.69, 9.17) is 9.47 Å². The summed E-state index contributed by atoms with van der Waals surface area (Å²) in [6.07, 6.45) is 11.4. The fraction of sp³-hybridized carbons (Fsp3) is 0.412. The van der Waals surface area contributed by atoms with Gasteiger partial charge in [-0.2, -0.15) is 0 Å². The normalized spacial score (nSPS) is 15.5. The van der Waals surface area contributed by atoms with Crippen LogP contribution in [0.5, 0.6) is 11.5 Å². The molecule has 0 unspecified atom stereocenters. The summed E-state index contributed by atoms with van der Waals surface area (Å²) in [5.74, 6) is 1.80. The minimum atomic E-state index is -0.546. The van der Waals surface area contributed by atoms with Crippen LogP contribution in [0.1, 0.15) is 64.0 Å². The van der Waals surface area contributed by atoms with Crippen molar-refractivity contribution >= 4 is 29.0 Å². The van der Waals surface area contributed by atoms with Gasteiger partial charge in [-0.1, -0.05) is 25.3 Å². The van der Waals surface area contributed by atoms with Crippen LogP contribution in [0.4, 0.5) is 15.4 Å². The van der Waals surface area contributed by atoms with E-state index in [1.807, 2.05) is 64.3 Å². The number of carbonyl (C=O) groups excluding carboxylic acids is 2. The van der Waals surface area contributed by atoms with Gasteiger partial charge in [-0.25, -0.2) is 19.6 Å². The lowest BCUT2D eigenvalue weighted by Gasteiger charge is -2.31. The van der Waals surface area contributed by atoms with Gasteiger partial charge in [0.05, 0.1) is 5.39 Å². The molecular weight excluding hydrogens is 556 g/mol. The quantitative estimate of drug-likeness (QED) is 0.247. The van der Waals surface area contributed by atoms with Crippen LogP contribution in [0.15, 0.2) is 55.0 Å². The van der Waals surface area contributed by atoms with Crippen LogP contribution in [-0.4, -0.2) is 62.1 Å². The minimum Gasteiger partial charge on any atom is -0.457 e. The number of ether oxygens (including phenoxy) is 2. The van der Waals surface area contributed by atoms with Gasteiger partial charge in [-0.15, -0.1) is 0 Å². The number of H-pyrrole nitrogens is 1. The second-order valence-electron chi connectivity index (χ2n) is 12.7. The lowest BCUT2D eigenvalue weighted by atomic mass is 9.95. The maximum atomic E-state index is 13.0. The van der Waals surface area contributed by atoms with Gasteiger partial charge in [0, 0.05) is 50.3 Å². The average molecular weight is 597 g/mol. The predicted octanol–water partition coefficient (Wildman–Crippen LogP) is 7.51. The summed E-state index contributed by atoms with van der Waals surface area (Å²) < 4.78 is 12.1. The number of pyridine rings is 2. The zero-order chi connectivity index (χ0) is 30.8. The number of fused-ring (bicyclic) bond motifs is 2. The molecule has 2 N–H and O–H groups in total. The van der Waals surface area contributed by atoms with Crippen molar-refractivity contribution < 1.29 is 19.1 Å². The van der Waals surface area contributed by atoms with Crippen LogP contribution in [0.25, 0.3) is 22.2 Å². The highest BCUT2D eigenvalue weighted by Gasteiger charge is 2.26. The molecule has 0 saturated heterocycles. The van der Waals surface area contributed by atoms with Crippen molar-refractivity contribution in [3.05, 3.63) is 66.1 Å². The van der Waals surface area contributed by atoms with E-state index in [1.165, 1.54) is 12.0 Å². The molecule has 4 aromatic rings. The molecule has 10 heteroatoms. The Morgan fingerprint density at radius 3 is 2.61 bits per heavy atom. The molecule has 0 atom stereocenters. The summed E-state index contributed by atoms with van der Waals surface area (Å²) in [7, 11) is 1.86. The second-order valence-corrected chi connectivity index (χ2v) is 12.7. The van der Waals surface area contributed by atoms with E-state index >= 15 is 0 Å². The fourth-order valence-corrected chi connectivity index (χ4v) is 6.04. The number of hydrogen-bond donors (Lipinski definition) is 2. The number of amides is 3. The number of anilines is 1. The van der Waals surface area contributed by atoms with Crippen LogP contribution < -0.4 is 10.1 Å². The van der Waals surface area contributed by atoms with Crippen molar-refractivity contribution in [1.82, 2.24) is 24.8 Å². The van der Waals surface area contributed by atoms with E-state index in [0.717, 1.165) is 54.2 Å². The lowest BCUT2D eigenvalue weighted by molar-refractivity contribution is 0.0223. The molecule has 6 rings (SSSR count). The van der Waals surface area contributed by atoms with Crippen molar-refractivity contribution in [2.75, 3.05) is 18.9 Å². The number of hydrogen-bond acceptors (Lipinski definition) is 6. The third-order valence-electron chi connectivity index (χ3n) is 8.35. The molecule has 230 valence electrons. The van der Waals surface area contributed by atoms with Crippen molar-refractivity contribution in [1.29, 1.82) is 0 Å². The minimum absolute atomic E-state index is 0.149. The number of aromatic nitrogens is 3. The van der Waals surface area contributed by atoms with E-state index < -0.39 is 5.60 Å². The van der Waals surface area contributed by atoms with Gasteiger partial charge in [0.1, 0.15) is 28.6 Å². The van der Waals surface area contributed by atoms with Gasteiger partial charge in [0.15, 0.2) is 0 Å². The van der Waals surface area contributed by atoms with Gasteiger partial charge >= 0.3 is 12.1 Å². The smallest absolute Gasteiger partial charge is 0.410 e. The fourth-order valence-electron chi connectivity index (χ4n) is 6.04. The zero-order valence-electron chi connectivity index (χ0n) is 25.9. The van der Waals surface area contributed by atoms with E-state index in [-0.39, 0.29) is 18.2 Å². The molecule has 1 aliphatic heterocycles. The van der Waals surface area contributed by atoms with Gasteiger partial charge in [0.2, 0.25) is 0 Å². The molecule has 1 fully saturated rings. The van der Waals surface area contributed by atoms with Gasteiger partial charge < -0.3 is 24.3 Å². The largest absolute Gasteiger partial charge is 0.457 e. The standard InChI is InChI=1S/C34H40N6O4/c1-34(2,3)44-33(42)40-17-14-22-10-11-26(18-24(22)21-40)43-28-13-16-36-31-30(28)27(20-37-31)23-12-15-35-29(19-23)38-32(41)39(4)25-8-6-5-7-9-25/h10-13,15-16,18-20,25H,5-9,14,17,21H2,1-4H3,(H,36,37)(H,35,38,41). The van der Waals surface area contributed by atoms with Gasteiger partial charge in [-0.3, -0.25) is 5.32 Å². The third-order valence-corrected chi connectivity index (χ3v) is 8.35. The Kier molecular flexibility index (Phi) is 8.16. The molecule has 2 aliphatic rings. The summed E-state index contributed by atoms with van der Waals surface area (Å²) in [6, 6.07) is 11.8. The van der Waals surface area contributed by atoms with Crippen molar-refractivity contribution in [3.63, 3.8) is 0 Å². The molecule has 10 nitrogen and oxygen atoms in total. The number of urea groups is 1. The third kappa shape index (κ3) is 6.49. The molecule has 0 spiro atoms. The summed E-state index contributed by atoms with van der Waals surface area (Å²) >= 11 is 0. The molecule has 1 saturated carbocycles. The summed E-state index contributed by atoms with van der Waals surface area (Å²) in [4.78, 5) is 41.4. The van der Waals surface area contributed by atoms with Crippen LogP contribution in [-0.2, 0) is 17.7 Å². The maximum absolute atomic E-state index is 13.0. The Morgan fingerprint density at radius 1 is 1.02 bits per heavy atom. The topological polar surface area (TPSA) is 113 Å². The van der Waals surface area contributed by atoms with Crippen LogP contribution in [0.2, 0.25) is 0 Å². The number of carbonyl (C=O) groups is 2. The molecular formula is C34H40N6O4. The highest BCUT2D eigenvalue weighted by atomic mass is 16.6. The first-order chi connectivity index (χ1) is 21.1. The molecule has 1 aliphatic carbocycles. The van der Waals surface area contributed by atoms with Crippen molar-refractivity contribution in [2.24, 2.45) is 0 Å². The molecule has 3 amide bonds. The Labute approximate surface area is 257 Å². The summed E-state index contributed by atoms with van der Waals surface area (Å²) in [6.45, 7) is 6.70. The number of nitrogens with zero attached hydrogens (tertiary/aromatic N) is 4. The highest BCUT2D eigenvalue weighted by molar-refractivity contribution is 5.99. The van der Waals surface area contributed by atoms with Crippen molar-refractivity contribution in [3.8, 4) is 22.6 Å². The summed E-state index contributed by atoms with van der Waals surface area (Å²) in [5.41, 5.74) is 4.13. The van der Waals surface area contributed by atoms with Crippen LogP contribution in [0.3, 0.4) is 0 Å². The Hall–Kier alpha value is -4.60. The van der Waals surface area contributed by atoms with E-state index in [1.54, 1.807) is 22.2 Å². The first-order valence-corrected chi connectivity index (χ1v) is 15.4. The molecule has 3 aromatic heterocycles. The number of nitrogens with one attached hydrogen (secondary N) is 2. The summed E-state index contributed by atoms with van der Waals surface area (Å²) in [5, 5.41) is 3.80. The second kappa shape index (κ2) is 12.2. The Morgan fingerprint density at radius 2 is 1.82 bits per heavy atom. The first kappa shape index (κ1) is 29.5. The van der Waals surface area contributed by atoms with Gasteiger partial charge in [-0.05, 0) is 87.1 Å². The molecule has 4 heterocycles. The Balaban J connectivity index is 1.22. The first-order valence-electron chi connectivity index (χ1n) is 15.4. The van der Waals surface area contributed by atoms with E-state index in [2.05, 4.69) is 26.3 Å². The monoisotopic (exact) mass is 596 g/mol. The lowest BCUT2D eigenvalue weighted by Crippen LogP contribution is -2.41. The van der Waals surface area contributed by atoms with Crippen LogP contribution >= 0.6 is 0 Å². The molecule has 0 radical (unpaired) electrons. The number of benzene rings is 1.